The normalized spacial score (nSPS) is 12.5. The predicted molar refractivity (Wildman–Crippen MR) is 127 cm³/mol. The molecule has 0 bridgehead atoms. The van der Waals surface area contributed by atoms with Gasteiger partial charge in [0.15, 0.2) is 11.6 Å². The van der Waals surface area contributed by atoms with Gasteiger partial charge in [-0.2, -0.15) is 33.3 Å². The fraction of sp³-hybridized carbons (Fsp3) is 0.333. The molecule has 1 amide bonds. The number of hydrogen-bond donors (Lipinski definition) is 1. The van der Waals surface area contributed by atoms with Crippen molar-refractivity contribution < 1.29 is 27.4 Å². The van der Waals surface area contributed by atoms with Gasteiger partial charge < -0.3 is 14.8 Å². The van der Waals surface area contributed by atoms with E-state index in [0.717, 1.165) is 12.1 Å². The molecule has 0 aliphatic heterocycles. The van der Waals surface area contributed by atoms with Gasteiger partial charge >= 0.3 is 6.18 Å². The lowest BCUT2D eigenvalue weighted by atomic mass is 10.0. The van der Waals surface area contributed by atoms with Crippen molar-refractivity contribution in [3.8, 4) is 17.8 Å². The molecule has 0 radical (unpaired) electrons. The Labute approximate surface area is 214 Å². The molecule has 1 atom stereocenters. The number of ether oxygens (including phenoxy) is 2. The number of hydrogen-bond acceptors (Lipinski definition) is 8. The molecule has 1 N–H and O–H groups in total. The van der Waals surface area contributed by atoms with Crippen LogP contribution in [0, 0.1) is 11.3 Å². The first-order valence-electron chi connectivity index (χ1n) is 11.4. The van der Waals surface area contributed by atoms with Gasteiger partial charge in [0.1, 0.15) is 24.6 Å². The molecule has 198 valence electrons. The Morgan fingerprint density at radius 2 is 1.97 bits per heavy atom. The molecule has 0 aliphatic rings. The summed E-state index contributed by atoms with van der Waals surface area (Å²) in [4.78, 5) is 21.7. The zero-order valence-electron chi connectivity index (χ0n) is 20.8. The van der Waals surface area contributed by atoms with Crippen LogP contribution >= 0.6 is 0 Å². The van der Waals surface area contributed by atoms with Gasteiger partial charge in [-0.1, -0.05) is 0 Å². The summed E-state index contributed by atoms with van der Waals surface area (Å²) in [6, 6.07) is 5.93. The highest BCUT2D eigenvalue weighted by molar-refractivity contribution is 6.07. The predicted octanol–water partition coefficient (Wildman–Crippen LogP) is 3.78. The minimum absolute atomic E-state index is 0.0191. The van der Waals surface area contributed by atoms with E-state index in [0.29, 0.717) is 11.4 Å². The number of nitrogens with one attached hydrogen (secondary N) is 1. The lowest BCUT2D eigenvalue weighted by Gasteiger charge is -2.16. The molecule has 0 saturated carbocycles. The molecule has 3 aromatic heterocycles. The number of alkyl halides is 3. The van der Waals surface area contributed by atoms with E-state index in [1.807, 2.05) is 6.07 Å². The van der Waals surface area contributed by atoms with Crippen LogP contribution in [-0.2, 0) is 17.6 Å². The van der Waals surface area contributed by atoms with E-state index in [4.69, 9.17) is 14.7 Å². The molecule has 0 spiro atoms. The molecule has 1 aromatic carbocycles. The van der Waals surface area contributed by atoms with Crippen molar-refractivity contribution >= 4 is 16.8 Å². The maximum absolute atomic E-state index is 13.8. The first-order chi connectivity index (χ1) is 18.0. The summed E-state index contributed by atoms with van der Waals surface area (Å²) in [7, 11) is 1.40. The smallest absolute Gasteiger partial charge is 0.416 e. The van der Waals surface area contributed by atoms with Gasteiger partial charge in [-0.25, -0.2) is 14.6 Å². The Hall–Kier alpha value is -4.51. The van der Waals surface area contributed by atoms with Gasteiger partial charge in [0, 0.05) is 13.3 Å². The fourth-order valence-electron chi connectivity index (χ4n) is 3.74. The van der Waals surface area contributed by atoms with Crippen LogP contribution in [0.1, 0.15) is 54.1 Å². The molecular weight excluding hydrogens is 505 g/mol. The highest BCUT2D eigenvalue weighted by atomic mass is 19.4. The summed E-state index contributed by atoms with van der Waals surface area (Å²) in [6.07, 6.45) is -2.49. The van der Waals surface area contributed by atoms with E-state index in [1.54, 1.807) is 32.9 Å². The SMILES string of the molecule is COCn1nc2c(C(=O)N[C@@H](C)c3ncnn3-c3ccc(C#N)cn3)cc(C(F)(F)F)cc2c1OC(C)C. The molecule has 38 heavy (non-hydrogen) atoms. The second kappa shape index (κ2) is 10.5. The highest BCUT2D eigenvalue weighted by Crippen LogP contribution is 2.37. The molecule has 3 heterocycles. The average molecular weight is 528 g/mol. The zero-order chi connectivity index (χ0) is 27.6. The van der Waals surface area contributed by atoms with Gasteiger partial charge in [-0.15, -0.1) is 0 Å². The molecule has 0 fully saturated rings. The molecule has 0 aliphatic carbocycles. The van der Waals surface area contributed by atoms with Crippen molar-refractivity contribution in [2.24, 2.45) is 0 Å². The van der Waals surface area contributed by atoms with Gasteiger partial charge in [0.05, 0.1) is 34.2 Å². The summed E-state index contributed by atoms with van der Waals surface area (Å²) in [5.74, 6) is -0.147. The third kappa shape index (κ3) is 5.28. The van der Waals surface area contributed by atoms with Crippen molar-refractivity contribution in [3.05, 3.63) is 59.3 Å². The minimum atomic E-state index is -4.73. The van der Waals surface area contributed by atoms with Gasteiger partial charge in [0.2, 0.25) is 5.88 Å². The van der Waals surface area contributed by atoms with E-state index in [1.165, 1.54) is 29.0 Å². The molecule has 0 unspecified atom stereocenters. The number of aromatic nitrogens is 6. The first kappa shape index (κ1) is 26.6. The van der Waals surface area contributed by atoms with Crippen molar-refractivity contribution in [2.45, 2.75) is 45.8 Å². The molecule has 4 aromatic rings. The average Bonchev–Trinajstić information content (AvgIpc) is 3.48. The van der Waals surface area contributed by atoms with Crippen molar-refractivity contribution in [2.75, 3.05) is 7.11 Å². The van der Waals surface area contributed by atoms with Crippen LogP contribution in [0.5, 0.6) is 5.88 Å². The van der Waals surface area contributed by atoms with Crippen LogP contribution in [0.25, 0.3) is 16.7 Å². The topological polar surface area (TPSA) is 133 Å². The Morgan fingerprint density at radius 3 is 2.58 bits per heavy atom. The summed E-state index contributed by atoms with van der Waals surface area (Å²) < 4.78 is 54.9. The van der Waals surface area contributed by atoms with Crippen molar-refractivity contribution in [1.29, 1.82) is 5.26 Å². The Balaban J connectivity index is 1.74. The van der Waals surface area contributed by atoms with E-state index in [9.17, 15) is 18.0 Å². The van der Waals surface area contributed by atoms with Crippen LogP contribution in [-0.4, -0.2) is 48.6 Å². The maximum Gasteiger partial charge on any atom is 0.416 e. The number of benzene rings is 1. The molecule has 0 saturated heterocycles. The molecule has 14 heteroatoms. The fourth-order valence-corrected chi connectivity index (χ4v) is 3.74. The minimum Gasteiger partial charge on any atom is -0.475 e. The Kier molecular flexibility index (Phi) is 7.31. The number of fused-ring (bicyclic) bond motifs is 1. The van der Waals surface area contributed by atoms with Crippen LogP contribution < -0.4 is 10.1 Å². The lowest BCUT2D eigenvalue weighted by molar-refractivity contribution is -0.137. The van der Waals surface area contributed by atoms with E-state index >= 15 is 0 Å². The summed E-state index contributed by atoms with van der Waals surface area (Å²) in [5, 5.41) is 20.1. The number of carbonyl (C=O) groups is 1. The van der Waals surface area contributed by atoms with E-state index < -0.39 is 23.7 Å². The quantitative estimate of drug-likeness (QED) is 0.365. The first-order valence-corrected chi connectivity index (χ1v) is 11.4. The largest absolute Gasteiger partial charge is 0.475 e. The number of carbonyl (C=O) groups excluding carboxylic acids is 1. The van der Waals surface area contributed by atoms with Crippen LogP contribution in [0.15, 0.2) is 36.8 Å². The highest BCUT2D eigenvalue weighted by Gasteiger charge is 2.34. The Morgan fingerprint density at radius 1 is 1.21 bits per heavy atom. The van der Waals surface area contributed by atoms with Gasteiger partial charge in [-0.05, 0) is 45.0 Å². The maximum atomic E-state index is 13.8. The third-order valence-electron chi connectivity index (χ3n) is 5.37. The van der Waals surface area contributed by atoms with Gasteiger partial charge in [-0.3, -0.25) is 4.79 Å². The van der Waals surface area contributed by atoms with Crippen molar-refractivity contribution in [3.63, 3.8) is 0 Å². The molecular formula is C24H23F3N8O3. The second-order valence-electron chi connectivity index (χ2n) is 8.55. The standard InChI is InChI=1S/C24H23F3N8O3/c1-13(2)38-23-18-8-16(24(25,26)27)7-17(20(18)33-34(23)12-37-4)22(36)32-14(3)21-30-11-31-35(21)19-6-5-15(9-28)10-29-19/h5-8,10-11,13-14H,12H2,1-4H3,(H,32,36)/t14-/m0/s1. The number of halogens is 3. The van der Waals surface area contributed by atoms with Crippen LogP contribution in [0.2, 0.25) is 0 Å². The summed E-state index contributed by atoms with van der Waals surface area (Å²) in [5.41, 5.74) is -0.962. The van der Waals surface area contributed by atoms with Gasteiger partial charge in [0.25, 0.3) is 5.91 Å². The number of amides is 1. The van der Waals surface area contributed by atoms with Crippen LogP contribution in [0.3, 0.4) is 0 Å². The number of rotatable bonds is 8. The van der Waals surface area contributed by atoms with E-state index in [-0.39, 0.29) is 41.0 Å². The van der Waals surface area contributed by atoms with Crippen LogP contribution in [0.4, 0.5) is 13.2 Å². The van der Waals surface area contributed by atoms with Crippen molar-refractivity contribution in [1.82, 2.24) is 34.8 Å². The number of nitrogens with zero attached hydrogens (tertiary/aromatic N) is 7. The monoisotopic (exact) mass is 528 g/mol. The molecule has 4 rings (SSSR count). The lowest BCUT2D eigenvalue weighted by Crippen LogP contribution is -2.29. The number of methoxy groups -OCH3 is 1. The Bertz CT molecular complexity index is 1500. The molecule has 11 nitrogen and oxygen atoms in total. The summed E-state index contributed by atoms with van der Waals surface area (Å²) in [6.45, 7) is 4.94. The number of pyridine rings is 1. The second-order valence-corrected chi connectivity index (χ2v) is 8.55. The zero-order valence-corrected chi connectivity index (χ0v) is 20.8. The third-order valence-corrected chi connectivity index (χ3v) is 5.37. The summed E-state index contributed by atoms with van der Waals surface area (Å²) >= 11 is 0. The van der Waals surface area contributed by atoms with E-state index in [2.05, 4.69) is 25.5 Å². The number of nitriles is 1.